The Bertz CT molecular complexity index is 890. The molecule has 3 rings (SSSR count). The van der Waals surface area contributed by atoms with E-state index in [0.717, 1.165) is 22.3 Å². The summed E-state index contributed by atoms with van der Waals surface area (Å²) in [4.78, 5) is 12.6. The number of allylic oxidation sites excluding steroid dienone is 2. The first-order valence-electron chi connectivity index (χ1n) is 8.07. The number of hydrogen-bond acceptors (Lipinski definition) is 3. The fourth-order valence-corrected chi connectivity index (χ4v) is 4.06. The Morgan fingerprint density at radius 2 is 1.46 bits per heavy atom. The van der Waals surface area contributed by atoms with E-state index in [4.69, 9.17) is 0 Å². The summed E-state index contributed by atoms with van der Waals surface area (Å²) in [6.45, 7) is 3.35. The highest BCUT2D eigenvalue weighted by molar-refractivity contribution is 7.92. The van der Waals surface area contributed by atoms with Gasteiger partial charge in [-0.05, 0) is 49.1 Å². The third kappa shape index (κ3) is 2.94. The maximum Gasteiger partial charge on any atom is 0.180 e. The Labute approximate surface area is 142 Å². The van der Waals surface area contributed by atoms with Gasteiger partial charge in [-0.1, -0.05) is 42.5 Å². The fraction of sp³-hybridized carbons (Fsp3) is 0.250. The summed E-state index contributed by atoms with van der Waals surface area (Å²) in [7, 11) is -3.28. The first-order valence-corrected chi connectivity index (χ1v) is 9.62. The van der Waals surface area contributed by atoms with Crippen molar-refractivity contribution in [2.24, 2.45) is 0 Å². The Balaban J connectivity index is 2.05. The van der Waals surface area contributed by atoms with E-state index < -0.39 is 15.1 Å². The maximum atomic E-state index is 12.3. The second kappa shape index (κ2) is 6.36. The summed E-state index contributed by atoms with van der Waals surface area (Å²) >= 11 is 0. The minimum Gasteiger partial charge on any atom is -0.294 e. The molecule has 0 amide bonds. The van der Waals surface area contributed by atoms with E-state index in [1.807, 2.05) is 42.5 Å². The van der Waals surface area contributed by atoms with E-state index >= 15 is 0 Å². The molecule has 2 aromatic carbocycles. The molecule has 3 nitrogen and oxygen atoms in total. The number of rotatable bonds is 4. The van der Waals surface area contributed by atoms with Crippen LogP contribution in [0.2, 0.25) is 0 Å². The molecule has 0 N–H and O–H groups in total. The Hall–Kier alpha value is -2.20. The lowest BCUT2D eigenvalue weighted by Crippen LogP contribution is -2.13. The Morgan fingerprint density at radius 3 is 2.04 bits per heavy atom. The van der Waals surface area contributed by atoms with Crippen LogP contribution in [0.1, 0.15) is 37.8 Å². The van der Waals surface area contributed by atoms with Gasteiger partial charge < -0.3 is 0 Å². The van der Waals surface area contributed by atoms with Gasteiger partial charge in [0, 0.05) is 12.0 Å². The molecule has 1 aliphatic rings. The minimum atomic E-state index is -3.28. The van der Waals surface area contributed by atoms with Gasteiger partial charge in [0.05, 0.1) is 10.1 Å². The Morgan fingerprint density at radius 1 is 0.833 bits per heavy atom. The first-order chi connectivity index (χ1) is 11.4. The van der Waals surface area contributed by atoms with Crippen molar-refractivity contribution in [3.63, 3.8) is 0 Å². The predicted molar refractivity (Wildman–Crippen MR) is 96.3 cm³/mol. The van der Waals surface area contributed by atoms with Crippen LogP contribution in [0.3, 0.4) is 0 Å². The van der Waals surface area contributed by atoms with E-state index in [1.54, 1.807) is 26.0 Å². The van der Waals surface area contributed by atoms with Crippen molar-refractivity contribution >= 4 is 26.8 Å². The van der Waals surface area contributed by atoms with Crippen molar-refractivity contribution in [2.45, 2.75) is 36.8 Å². The van der Waals surface area contributed by atoms with Gasteiger partial charge in [0.2, 0.25) is 0 Å². The van der Waals surface area contributed by atoms with Crippen molar-refractivity contribution in [3.05, 3.63) is 65.7 Å². The van der Waals surface area contributed by atoms with Crippen LogP contribution >= 0.6 is 0 Å². The molecular weight excluding hydrogens is 320 g/mol. The predicted octanol–water partition coefficient (Wildman–Crippen LogP) is 4.14. The topological polar surface area (TPSA) is 51.2 Å². The SMILES string of the molecule is CC(C)S(=O)(=O)c1ccc(C2=C(c3ccccc3)C(=O)CC2)cc1. The third-order valence-electron chi connectivity index (χ3n) is 4.40. The normalized spacial score (nSPS) is 15.4. The molecule has 0 atom stereocenters. The zero-order chi connectivity index (χ0) is 17.3. The average Bonchev–Trinajstić information content (AvgIpc) is 2.97. The number of hydrogen-bond donors (Lipinski definition) is 0. The van der Waals surface area contributed by atoms with Crippen molar-refractivity contribution < 1.29 is 13.2 Å². The minimum absolute atomic E-state index is 0.148. The van der Waals surface area contributed by atoms with Crippen LogP contribution in [0, 0.1) is 0 Å². The number of carbonyl (C=O) groups excluding carboxylic acids is 1. The smallest absolute Gasteiger partial charge is 0.180 e. The van der Waals surface area contributed by atoms with Crippen LogP contribution in [0.15, 0.2) is 59.5 Å². The van der Waals surface area contributed by atoms with Crippen LogP contribution in [0.4, 0.5) is 0 Å². The van der Waals surface area contributed by atoms with E-state index in [2.05, 4.69) is 0 Å². The lowest BCUT2D eigenvalue weighted by atomic mass is 9.97. The molecule has 0 unspecified atom stereocenters. The fourth-order valence-electron chi connectivity index (χ4n) is 3.00. The molecular formula is C20H20O3S. The van der Waals surface area contributed by atoms with Crippen LogP contribution in [0.5, 0.6) is 0 Å². The summed E-state index contributed by atoms with van der Waals surface area (Å²) < 4.78 is 24.5. The molecule has 1 aliphatic carbocycles. The Kier molecular flexibility index (Phi) is 4.41. The number of sulfone groups is 1. The molecule has 4 heteroatoms. The highest BCUT2D eigenvalue weighted by atomic mass is 32.2. The molecule has 0 fully saturated rings. The van der Waals surface area contributed by atoms with E-state index in [1.165, 1.54) is 0 Å². The first kappa shape index (κ1) is 16.7. The second-order valence-electron chi connectivity index (χ2n) is 6.26. The summed E-state index contributed by atoms with van der Waals surface area (Å²) in [5.74, 6) is 0.148. The standard InChI is InChI=1S/C20H20O3S/c1-14(2)24(22,23)17-10-8-15(9-11-17)18-12-13-19(21)20(18)16-6-4-3-5-7-16/h3-11,14H,12-13H2,1-2H3. The number of Topliss-reactive ketones (excluding diaryl/α,β-unsaturated/α-hetero) is 1. The van der Waals surface area contributed by atoms with Crippen molar-refractivity contribution in [1.82, 2.24) is 0 Å². The highest BCUT2D eigenvalue weighted by Gasteiger charge is 2.25. The molecule has 0 aliphatic heterocycles. The monoisotopic (exact) mass is 340 g/mol. The summed E-state index contributed by atoms with van der Waals surface area (Å²) in [6, 6.07) is 16.6. The van der Waals surface area contributed by atoms with Gasteiger partial charge in [-0.15, -0.1) is 0 Å². The molecule has 124 valence electrons. The van der Waals surface area contributed by atoms with Crippen LogP contribution in [-0.2, 0) is 14.6 Å². The van der Waals surface area contributed by atoms with Gasteiger partial charge in [0.25, 0.3) is 0 Å². The lowest BCUT2D eigenvalue weighted by Gasteiger charge is -2.10. The summed E-state index contributed by atoms with van der Waals surface area (Å²) in [5.41, 5.74) is 3.60. The molecule has 24 heavy (non-hydrogen) atoms. The quantitative estimate of drug-likeness (QED) is 0.840. The summed E-state index contributed by atoms with van der Waals surface area (Å²) in [6.07, 6.45) is 1.20. The molecule has 0 aromatic heterocycles. The van der Waals surface area contributed by atoms with Crippen LogP contribution in [-0.4, -0.2) is 19.5 Å². The molecule has 0 bridgehead atoms. The molecule has 0 saturated heterocycles. The van der Waals surface area contributed by atoms with Gasteiger partial charge in [0.1, 0.15) is 0 Å². The zero-order valence-electron chi connectivity index (χ0n) is 13.8. The van der Waals surface area contributed by atoms with Crippen LogP contribution in [0.25, 0.3) is 11.1 Å². The van der Waals surface area contributed by atoms with Gasteiger partial charge in [-0.2, -0.15) is 0 Å². The van der Waals surface area contributed by atoms with Gasteiger partial charge in [0.15, 0.2) is 15.6 Å². The van der Waals surface area contributed by atoms with Gasteiger partial charge in [-0.3, -0.25) is 4.79 Å². The molecule has 0 heterocycles. The number of ketones is 1. The highest BCUT2D eigenvalue weighted by Crippen LogP contribution is 2.37. The molecule has 0 saturated carbocycles. The van der Waals surface area contributed by atoms with E-state index in [0.29, 0.717) is 17.7 Å². The number of carbonyl (C=O) groups is 1. The van der Waals surface area contributed by atoms with Crippen molar-refractivity contribution in [1.29, 1.82) is 0 Å². The lowest BCUT2D eigenvalue weighted by molar-refractivity contribution is -0.113. The maximum absolute atomic E-state index is 12.3. The zero-order valence-corrected chi connectivity index (χ0v) is 14.6. The van der Waals surface area contributed by atoms with E-state index in [9.17, 15) is 13.2 Å². The molecule has 0 spiro atoms. The third-order valence-corrected chi connectivity index (χ3v) is 6.57. The molecule has 0 radical (unpaired) electrons. The van der Waals surface area contributed by atoms with Crippen LogP contribution < -0.4 is 0 Å². The van der Waals surface area contributed by atoms with Crippen molar-refractivity contribution in [3.8, 4) is 0 Å². The summed E-state index contributed by atoms with van der Waals surface area (Å²) in [5, 5.41) is -0.449. The largest absolute Gasteiger partial charge is 0.294 e. The number of benzene rings is 2. The van der Waals surface area contributed by atoms with Gasteiger partial charge >= 0.3 is 0 Å². The molecule has 2 aromatic rings. The van der Waals surface area contributed by atoms with E-state index in [-0.39, 0.29) is 5.78 Å². The van der Waals surface area contributed by atoms with Crippen molar-refractivity contribution in [2.75, 3.05) is 0 Å². The average molecular weight is 340 g/mol. The van der Waals surface area contributed by atoms with Gasteiger partial charge in [-0.25, -0.2) is 8.42 Å². The second-order valence-corrected chi connectivity index (χ2v) is 8.77.